The number of benzene rings is 3. The highest BCUT2D eigenvalue weighted by Crippen LogP contribution is 2.35. The van der Waals surface area contributed by atoms with E-state index in [-0.39, 0.29) is 18.0 Å². The Bertz CT molecular complexity index is 877. The van der Waals surface area contributed by atoms with Crippen molar-refractivity contribution < 1.29 is 4.79 Å². The molecule has 1 amide bonds. The molecule has 0 fully saturated rings. The van der Waals surface area contributed by atoms with Gasteiger partial charge < -0.3 is 5.32 Å². The van der Waals surface area contributed by atoms with Crippen LogP contribution >= 0.6 is 0 Å². The van der Waals surface area contributed by atoms with Gasteiger partial charge in [-0.05, 0) is 29.8 Å². The number of fused-ring (bicyclic) bond motifs is 1. The summed E-state index contributed by atoms with van der Waals surface area (Å²) in [6, 6.07) is 27.9. The van der Waals surface area contributed by atoms with Crippen molar-refractivity contribution in [3.8, 4) is 0 Å². The predicted octanol–water partition coefficient (Wildman–Crippen LogP) is 4.89. The number of nitrogens with zero attached hydrogens (tertiary/aromatic N) is 1. The summed E-state index contributed by atoms with van der Waals surface area (Å²) in [4.78, 5) is 15.1. The van der Waals surface area contributed by atoms with Gasteiger partial charge in [-0.15, -0.1) is 0 Å². The number of rotatable bonds is 3. The fourth-order valence-corrected chi connectivity index (χ4v) is 3.43. The number of hydrogen-bond donors (Lipinski definition) is 1. The van der Waals surface area contributed by atoms with Gasteiger partial charge in [0.2, 0.25) is 0 Å². The molecule has 1 heterocycles. The smallest absolute Gasteiger partial charge is 0.262 e. The summed E-state index contributed by atoms with van der Waals surface area (Å²) in [5, 5.41) is 3.58. The van der Waals surface area contributed by atoms with E-state index in [4.69, 9.17) is 0 Å². The lowest BCUT2D eigenvalue weighted by Crippen LogP contribution is -2.51. The van der Waals surface area contributed by atoms with Crippen molar-refractivity contribution in [3.05, 3.63) is 96.1 Å². The van der Waals surface area contributed by atoms with Crippen molar-refractivity contribution in [2.24, 2.45) is 0 Å². The highest BCUT2D eigenvalue weighted by atomic mass is 16.2. The molecule has 0 saturated carbocycles. The maximum atomic E-state index is 13.2. The van der Waals surface area contributed by atoms with Gasteiger partial charge in [-0.1, -0.05) is 67.6 Å². The highest BCUT2D eigenvalue weighted by Gasteiger charge is 2.36. The molecule has 3 heteroatoms. The highest BCUT2D eigenvalue weighted by molar-refractivity contribution is 6.12. The molecule has 4 rings (SSSR count). The average molecular weight is 328 g/mol. The van der Waals surface area contributed by atoms with Crippen molar-refractivity contribution in [1.82, 2.24) is 0 Å². The van der Waals surface area contributed by atoms with Crippen LogP contribution < -0.4 is 10.2 Å². The molecule has 1 N–H and O–H groups in total. The first-order valence-corrected chi connectivity index (χ1v) is 8.55. The number of amides is 1. The van der Waals surface area contributed by atoms with E-state index < -0.39 is 0 Å². The fraction of sp³-hybridized carbons (Fsp3) is 0.136. The molecule has 0 aromatic heterocycles. The van der Waals surface area contributed by atoms with Gasteiger partial charge in [-0.3, -0.25) is 9.69 Å². The molecule has 0 bridgehead atoms. The Kier molecular flexibility index (Phi) is 3.98. The Morgan fingerprint density at radius 3 is 2.16 bits per heavy atom. The second-order valence-electron chi connectivity index (χ2n) is 6.34. The minimum absolute atomic E-state index is 0.0355. The molecule has 1 aliphatic rings. The molecule has 0 saturated heterocycles. The van der Waals surface area contributed by atoms with Crippen molar-refractivity contribution in [3.63, 3.8) is 0 Å². The Balaban J connectivity index is 1.81. The zero-order valence-corrected chi connectivity index (χ0v) is 14.1. The summed E-state index contributed by atoms with van der Waals surface area (Å²) < 4.78 is 0. The molecule has 0 aliphatic carbocycles. The van der Waals surface area contributed by atoms with E-state index in [0.29, 0.717) is 5.56 Å². The lowest BCUT2D eigenvalue weighted by atomic mass is 9.93. The number of anilines is 2. The zero-order valence-electron chi connectivity index (χ0n) is 14.1. The molecule has 0 spiro atoms. The third kappa shape index (κ3) is 2.78. The van der Waals surface area contributed by atoms with Crippen LogP contribution in [0.15, 0.2) is 84.9 Å². The van der Waals surface area contributed by atoms with E-state index in [1.54, 1.807) is 0 Å². The standard InChI is InChI=1S/C22H20N2O/c1-16(17-10-4-2-5-11-17)21-23-20-15-9-8-14-19(20)22(25)24(21)18-12-6-3-7-13-18/h2-16,21,23H,1H3/t16-,21-/m1/s1. The van der Waals surface area contributed by atoms with Gasteiger partial charge >= 0.3 is 0 Å². The van der Waals surface area contributed by atoms with Gasteiger partial charge in [-0.25, -0.2) is 0 Å². The molecule has 0 unspecified atom stereocenters. The number of para-hydroxylation sites is 2. The van der Waals surface area contributed by atoms with Crippen molar-refractivity contribution >= 4 is 17.3 Å². The summed E-state index contributed by atoms with van der Waals surface area (Å²) in [6.45, 7) is 2.16. The first-order valence-electron chi connectivity index (χ1n) is 8.55. The fourth-order valence-electron chi connectivity index (χ4n) is 3.43. The molecule has 25 heavy (non-hydrogen) atoms. The van der Waals surface area contributed by atoms with E-state index >= 15 is 0 Å². The van der Waals surface area contributed by atoms with Gasteiger partial charge in [0.05, 0.1) is 5.56 Å². The zero-order chi connectivity index (χ0) is 17.2. The van der Waals surface area contributed by atoms with Crippen LogP contribution in [0.1, 0.15) is 28.8 Å². The second-order valence-corrected chi connectivity index (χ2v) is 6.34. The van der Waals surface area contributed by atoms with E-state index in [2.05, 4.69) is 24.4 Å². The van der Waals surface area contributed by atoms with Crippen LogP contribution in [-0.2, 0) is 0 Å². The SMILES string of the molecule is C[C@H](c1ccccc1)[C@@H]1Nc2ccccc2C(=O)N1c1ccccc1. The average Bonchev–Trinajstić information content (AvgIpc) is 2.69. The molecule has 0 radical (unpaired) electrons. The van der Waals surface area contributed by atoms with E-state index in [9.17, 15) is 4.79 Å². The molecule has 2 atom stereocenters. The normalized spacial score (nSPS) is 17.6. The van der Waals surface area contributed by atoms with Crippen molar-refractivity contribution in [2.75, 3.05) is 10.2 Å². The third-order valence-corrected chi connectivity index (χ3v) is 4.79. The van der Waals surface area contributed by atoms with Gasteiger partial charge in [0, 0.05) is 17.3 Å². The molecular formula is C22H20N2O. The number of hydrogen-bond acceptors (Lipinski definition) is 2. The second kappa shape index (κ2) is 6.44. The first-order chi connectivity index (χ1) is 12.3. The van der Waals surface area contributed by atoms with Gasteiger partial charge in [0.15, 0.2) is 0 Å². The number of carbonyl (C=O) groups excluding carboxylic acids is 1. The van der Waals surface area contributed by atoms with Gasteiger partial charge in [0.25, 0.3) is 5.91 Å². The maximum absolute atomic E-state index is 13.2. The van der Waals surface area contributed by atoms with Crippen molar-refractivity contribution in [2.45, 2.75) is 19.0 Å². The summed E-state index contributed by atoms with van der Waals surface area (Å²) in [7, 11) is 0. The molecule has 124 valence electrons. The van der Waals surface area contributed by atoms with E-state index in [1.165, 1.54) is 5.56 Å². The summed E-state index contributed by atoms with van der Waals surface area (Å²) in [5.74, 6) is 0.173. The Morgan fingerprint density at radius 2 is 1.44 bits per heavy atom. The minimum atomic E-state index is -0.146. The van der Waals surface area contributed by atoms with Gasteiger partial charge in [0.1, 0.15) is 6.17 Å². The van der Waals surface area contributed by atoms with Crippen LogP contribution in [-0.4, -0.2) is 12.1 Å². The first kappa shape index (κ1) is 15.5. The maximum Gasteiger partial charge on any atom is 0.262 e. The third-order valence-electron chi connectivity index (χ3n) is 4.79. The van der Waals surface area contributed by atoms with E-state index in [1.807, 2.05) is 77.7 Å². The Morgan fingerprint density at radius 1 is 0.840 bits per heavy atom. The van der Waals surface area contributed by atoms with Gasteiger partial charge in [-0.2, -0.15) is 0 Å². The lowest BCUT2D eigenvalue weighted by molar-refractivity contribution is 0.0972. The monoisotopic (exact) mass is 328 g/mol. The molecule has 1 aliphatic heterocycles. The van der Waals surface area contributed by atoms with Crippen LogP contribution in [0.4, 0.5) is 11.4 Å². The molecule has 3 nitrogen and oxygen atoms in total. The predicted molar refractivity (Wildman–Crippen MR) is 102 cm³/mol. The molecular weight excluding hydrogens is 308 g/mol. The van der Waals surface area contributed by atoms with Crippen LogP contribution in [0.2, 0.25) is 0 Å². The number of nitrogens with one attached hydrogen (secondary N) is 1. The van der Waals surface area contributed by atoms with Crippen LogP contribution in [0.5, 0.6) is 0 Å². The van der Waals surface area contributed by atoms with Crippen LogP contribution in [0, 0.1) is 0 Å². The summed E-state index contributed by atoms with van der Waals surface area (Å²) in [6.07, 6.45) is -0.146. The minimum Gasteiger partial charge on any atom is -0.364 e. The summed E-state index contributed by atoms with van der Waals surface area (Å²) in [5.41, 5.74) is 3.71. The molecule has 3 aromatic rings. The lowest BCUT2D eigenvalue weighted by Gasteiger charge is -2.41. The van der Waals surface area contributed by atoms with Crippen LogP contribution in [0.3, 0.4) is 0 Å². The van der Waals surface area contributed by atoms with Crippen molar-refractivity contribution in [1.29, 1.82) is 0 Å². The van der Waals surface area contributed by atoms with E-state index in [0.717, 1.165) is 11.4 Å². The van der Waals surface area contributed by atoms with Crippen LogP contribution in [0.25, 0.3) is 0 Å². The summed E-state index contributed by atoms with van der Waals surface area (Å²) >= 11 is 0. The number of carbonyl (C=O) groups is 1. The Hall–Kier alpha value is -3.07. The quantitative estimate of drug-likeness (QED) is 0.742. The Labute approximate surface area is 147 Å². The topological polar surface area (TPSA) is 32.3 Å². The molecule has 3 aromatic carbocycles. The largest absolute Gasteiger partial charge is 0.364 e.